The van der Waals surface area contributed by atoms with Crippen LogP contribution in [0.1, 0.15) is 32.1 Å². The number of nitrogens with two attached hydrogens (primary N) is 1. The molecule has 4 nitrogen and oxygen atoms in total. The topological polar surface area (TPSA) is 63.4 Å². The molecule has 0 aromatic rings. The average molecular weight is 292 g/mol. The molecule has 1 saturated heterocycles. The molecular formula is C12H24N2O2S2. The molecule has 0 aromatic heterocycles. The van der Waals surface area contributed by atoms with E-state index < -0.39 is 10.0 Å². The van der Waals surface area contributed by atoms with Crippen molar-refractivity contribution in [3.63, 3.8) is 0 Å². The highest BCUT2D eigenvalue weighted by Crippen LogP contribution is 2.36. The molecule has 0 amide bonds. The first-order valence-corrected chi connectivity index (χ1v) is 9.58. The molecule has 0 unspecified atom stereocenters. The van der Waals surface area contributed by atoms with Crippen molar-refractivity contribution >= 4 is 21.8 Å². The zero-order valence-corrected chi connectivity index (χ0v) is 12.7. The summed E-state index contributed by atoms with van der Waals surface area (Å²) >= 11 is 1.79. The van der Waals surface area contributed by atoms with Crippen LogP contribution in [0.5, 0.6) is 0 Å². The first-order valence-electron chi connectivity index (χ1n) is 6.74. The summed E-state index contributed by atoms with van der Waals surface area (Å²) in [6, 6.07) is 0. The van der Waals surface area contributed by atoms with E-state index in [1.165, 1.54) is 12.8 Å². The molecule has 0 aromatic carbocycles. The van der Waals surface area contributed by atoms with Crippen molar-refractivity contribution in [3.8, 4) is 0 Å². The Labute approximate surface area is 115 Å². The van der Waals surface area contributed by atoms with Crippen molar-refractivity contribution in [1.82, 2.24) is 4.31 Å². The summed E-state index contributed by atoms with van der Waals surface area (Å²) in [6.45, 7) is 1.93. The lowest BCUT2D eigenvalue weighted by Gasteiger charge is -2.39. The van der Waals surface area contributed by atoms with Gasteiger partial charge < -0.3 is 5.73 Å². The van der Waals surface area contributed by atoms with E-state index in [0.717, 1.165) is 19.3 Å². The zero-order valence-electron chi connectivity index (χ0n) is 11.1. The van der Waals surface area contributed by atoms with Gasteiger partial charge in [-0.05, 0) is 31.4 Å². The number of hydrogen-bond donors (Lipinski definition) is 1. The fourth-order valence-corrected chi connectivity index (χ4v) is 4.90. The van der Waals surface area contributed by atoms with E-state index in [4.69, 9.17) is 5.73 Å². The van der Waals surface area contributed by atoms with Crippen LogP contribution in [-0.2, 0) is 10.0 Å². The summed E-state index contributed by atoms with van der Waals surface area (Å²) in [7, 11) is -3.02. The summed E-state index contributed by atoms with van der Waals surface area (Å²) in [4.78, 5) is 0. The van der Waals surface area contributed by atoms with E-state index in [0.29, 0.717) is 31.3 Å². The second kappa shape index (κ2) is 5.69. The smallest absolute Gasteiger partial charge is 0.214 e. The second-order valence-electron chi connectivity index (χ2n) is 5.54. The molecule has 1 heterocycles. The molecule has 1 saturated carbocycles. The fourth-order valence-electron chi connectivity index (χ4n) is 2.51. The maximum absolute atomic E-state index is 12.2. The summed E-state index contributed by atoms with van der Waals surface area (Å²) in [6.07, 6.45) is 7.13. The van der Waals surface area contributed by atoms with Gasteiger partial charge in [0.2, 0.25) is 10.0 Å². The maximum Gasteiger partial charge on any atom is 0.214 e. The number of piperidine rings is 1. The molecule has 0 radical (unpaired) electrons. The Bertz CT molecular complexity index is 366. The van der Waals surface area contributed by atoms with Gasteiger partial charge in [-0.3, -0.25) is 0 Å². The first-order chi connectivity index (χ1) is 8.51. The van der Waals surface area contributed by atoms with Crippen LogP contribution >= 0.6 is 11.8 Å². The SMILES string of the molecule is CSC1(CN)CCN(S(=O)(=O)CCC2CC2)CC1. The van der Waals surface area contributed by atoms with Crippen molar-refractivity contribution in [2.75, 3.05) is 31.6 Å². The highest BCUT2D eigenvalue weighted by Gasteiger charge is 2.37. The number of sulfonamides is 1. The van der Waals surface area contributed by atoms with Crippen LogP contribution in [0.25, 0.3) is 0 Å². The van der Waals surface area contributed by atoms with Crippen LogP contribution in [0, 0.1) is 5.92 Å². The van der Waals surface area contributed by atoms with Gasteiger partial charge in [0.05, 0.1) is 5.75 Å². The third-order valence-corrected chi connectivity index (χ3v) is 7.66. The lowest BCUT2D eigenvalue weighted by atomic mass is 9.97. The van der Waals surface area contributed by atoms with Gasteiger partial charge >= 0.3 is 0 Å². The number of hydrogen-bond acceptors (Lipinski definition) is 4. The minimum absolute atomic E-state index is 0.0997. The third kappa shape index (κ3) is 3.40. The van der Waals surface area contributed by atoms with E-state index in [-0.39, 0.29) is 4.75 Å². The van der Waals surface area contributed by atoms with Gasteiger partial charge in [0.25, 0.3) is 0 Å². The van der Waals surface area contributed by atoms with Gasteiger partial charge in [0.15, 0.2) is 0 Å². The third-order valence-electron chi connectivity index (χ3n) is 4.31. The Kier molecular flexibility index (Phi) is 4.62. The molecular weight excluding hydrogens is 268 g/mol. The van der Waals surface area contributed by atoms with Crippen LogP contribution in [0.15, 0.2) is 0 Å². The van der Waals surface area contributed by atoms with Gasteiger partial charge in [-0.1, -0.05) is 12.8 Å². The number of thioether (sulfide) groups is 1. The van der Waals surface area contributed by atoms with E-state index >= 15 is 0 Å². The molecule has 0 spiro atoms. The van der Waals surface area contributed by atoms with Crippen molar-refractivity contribution in [3.05, 3.63) is 0 Å². The van der Waals surface area contributed by atoms with Crippen molar-refractivity contribution in [1.29, 1.82) is 0 Å². The molecule has 0 atom stereocenters. The molecule has 6 heteroatoms. The Morgan fingerprint density at radius 2 is 1.94 bits per heavy atom. The van der Waals surface area contributed by atoms with Gasteiger partial charge in [0.1, 0.15) is 0 Å². The van der Waals surface area contributed by atoms with Gasteiger partial charge in [-0.25, -0.2) is 12.7 Å². The Hall–Kier alpha value is 0.220. The van der Waals surface area contributed by atoms with E-state index in [2.05, 4.69) is 6.26 Å². The number of rotatable bonds is 6. The number of nitrogens with zero attached hydrogens (tertiary/aromatic N) is 1. The molecule has 1 aliphatic heterocycles. The summed E-state index contributed by atoms with van der Waals surface area (Å²) < 4.78 is 26.2. The summed E-state index contributed by atoms with van der Waals surface area (Å²) in [5, 5.41) is 0. The predicted octanol–water partition coefficient (Wildman–Crippen LogP) is 1.27. The quantitative estimate of drug-likeness (QED) is 0.801. The molecule has 2 aliphatic rings. The zero-order chi connectivity index (χ0) is 13.2. The molecule has 106 valence electrons. The largest absolute Gasteiger partial charge is 0.329 e. The van der Waals surface area contributed by atoms with Crippen LogP contribution in [0.3, 0.4) is 0 Å². The minimum atomic E-state index is -3.02. The average Bonchev–Trinajstić information content (AvgIpc) is 3.21. The lowest BCUT2D eigenvalue weighted by molar-refractivity contribution is 0.301. The van der Waals surface area contributed by atoms with Crippen LogP contribution < -0.4 is 5.73 Å². The Morgan fingerprint density at radius 3 is 2.39 bits per heavy atom. The molecule has 2 rings (SSSR count). The maximum atomic E-state index is 12.2. The van der Waals surface area contributed by atoms with Crippen LogP contribution in [-0.4, -0.2) is 49.1 Å². The molecule has 2 fully saturated rings. The van der Waals surface area contributed by atoms with Crippen molar-refractivity contribution < 1.29 is 8.42 Å². The molecule has 0 bridgehead atoms. The minimum Gasteiger partial charge on any atom is -0.329 e. The Morgan fingerprint density at radius 1 is 1.33 bits per heavy atom. The summed E-state index contributed by atoms with van der Waals surface area (Å²) in [5.41, 5.74) is 5.82. The first kappa shape index (κ1) is 14.6. The predicted molar refractivity (Wildman–Crippen MR) is 77.2 cm³/mol. The standard InChI is InChI=1S/C12H24N2O2S2/c1-17-12(10-13)5-7-14(8-6-12)18(15,16)9-4-11-2-3-11/h11H,2-10,13H2,1H3. The molecule has 2 N–H and O–H groups in total. The molecule has 1 aliphatic carbocycles. The van der Waals surface area contributed by atoms with Gasteiger partial charge in [-0.15, -0.1) is 0 Å². The van der Waals surface area contributed by atoms with Gasteiger partial charge in [0, 0.05) is 24.4 Å². The highest BCUT2D eigenvalue weighted by molar-refractivity contribution is 8.00. The highest BCUT2D eigenvalue weighted by atomic mass is 32.2. The monoisotopic (exact) mass is 292 g/mol. The van der Waals surface area contributed by atoms with Crippen molar-refractivity contribution in [2.24, 2.45) is 11.7 Å². The fraction of sp³-hybridized carbons (Fsp3) is 1.00. The van der Waals surface area contributed by atoms with Gasteiger partial charge in [-0.2, -0.15) is 11.8 Å². The van der Waals surface area contributed by atoms with Crippen LogP contribution in [0.4, 0.5) is 0 Å². The second-order valence-corrected chi connectivity index (χ2v) is 8.90. The van der Waals surface area contributed by atoms with Crippen molar-refractivity contribution in [2.45, 2.75) is 36.9 Å². The van der Waals surface area contributed by atoms with Crippen LogP contribution in [0.2, 0.25) is 0 Å². The van der Waals surface area contributed by atoms with E-state index in [9.17, 15) is 8.42 Å². The lowest BCUT2D eigenvalue weighted by Crippen LogP contribution is -2.48. The Balaban J connectivity index is 1.87. The molecule has 18 heavy (non-hydrogen) atoms. The van der Waals surface area contributed by atoms with E-state index in [1.807, 2.05) is 0 Å². The van der Waals surface area contributed by atoms with E-state index in [1.54, 1.807) is 16.1 Å². The summed E-state index contributed by atoms with van der Waals surface area (Å²) in [5.74, 6) is 1.02. The normalized spacial score (nSPS) is 25.2.